The molecule has 0 saturated carbocycles. The number of halogens is 2. The predicted octanol–water partition coefficient (Wildman–Crippen LogP) is 4.76. The number of benzene rings is 3. The highest BCUT2D eigenvalue weighted by Gasteiger charge is 2.45. The van der Waals surface area contributed by atoms with Gasteiger partial charge in [-0.25, -0.2) is 18.6 Å². The van der Waals surface area contributed by atoms with Crippen LogP contribution in [0.3, 0.4) is 0 Å². The lowest BCUT2D eigenvalue weighted by atomic mass is 9.81. The third-order valence-electron chi connectivity index (χ3n) is 7.84. The van der Waals surface area contributed by atoms with Gasteiger partial charge in [-0.15, -0.1) is 16.3 Å². The monoisotopic (exact) mass is 701 g/mol. The summed E-state index contributed by atoms with van der Waals surface area (Å²) >= 11 is 1.24. The van der Waals surface area contributed by atoms with Gasteiger partial charge >= 0.3 is 17.9 Å². The van der Waals surface area contributed by atoms with Crippen molar-refractivity contribution in [3.63, 3.8) is 0 Å². The van der Waals surface area contributed by atoms with E-state index in [1.54, 1.807) is 61.8 Å². The molecule has 257 valence electrons. The maximum Gasteiger partial charge on any atom is 0.412 e. The van der Waals surface area contributed by atoms with E-state index in [0.717, 1.165) is 29.3 Å². The number of nitrogens with one attached hydrogen (secondary N) is 2. The molecule has 2 atom stereocenters. The number of esters is 1. The second-order valence-corrected chi connectivity index (χ2v) is 12.3. The Kier molecular flexibility index (Phi) is 11.3. The van der Waals surface area contributed by atoms with Crippen LogP contribution in [-0.4, -0.2) is 66.1 Å². The SMILES string of the molecule is CNCC(=O)OCc1cc(C)ccc1NC(=O)OCC1=NN(C[C@](O)(c2cc(F)ccc2F)[C@@H](C)c2nc(-c3ccc(C#N)cc3)cs2)C=[N+]1. The van der Waals surface area contributed by atoms with Gasteiger partial charge < -0.3 is 19.9 Å². The van der Waals surface area contributed by atoms with E-state index in [1.165, 1.54) is 22.7 Å². The zero-order valence-electron chi connectivity index (χ0n) is 27.3. The van der Waals surface area contributed by atoms with E-state index in [9.17, 15) is 19.1 Å². The number of nitrogens with zero attached hydrogens (tertiary/aromatic N) is 5. The lowest BCUT2D eigenvalue weighted by Gasteiger charge is -2.33. The number of aliphatic imine (C=N–C) groups is 1. The first kappa shape index (κ1) is 35.7. The minimum Gasteiger partial charge on any atom is -0.460 e. The van der Waals surface area contributed by atoms with Crippen LogP contribution in [0.1, 0.15) is 40.1 Å². The summed E-state index contributed by atoms with van der Waals surface area (Å²) in [6.45, 7) is 2.79. The molecular formula is C35H33F2N7O5S+. The zero-order chi connectivity index (χ0) is 35.8. The Morgan fingerprint density at radius 1 is 1.12 bits per heavy atom. The van der Waals surface area contributed by atoms with E-state index < -0.39 is 35.2 Å². The van der Waals surface area contributed by atoms with E-state index in [1.807, 2.05) is 6.92 Å². The fourth-order valence-electron chi connectivity index (χ4n) is 5.14. The number of aromatic nitrogens is 1. The first-order valence-electron chi connectivity index (χ1n) is 15.3. The summed E-state index contributed by atoms with van der Waals surface area (Å²) in [7, 11) is 1.62. The Morgan fingerprint density at radius 3 is 2.64 bits per heavy atom. The second-order valence-electron chi connectivity index (χ2n) is 11.4. The number of amidine groups is 1. The molecule has 1 amide bonds. The quantitative estimate of drug-likeness (QED) is 0.167. The van der Waals surface area contributed by atoms with Crippen molar-refractivity contribution in [1.82, 2.24) is 20.3 Å². The molecule has 2 heterocycles. The smallest absolute Gasteiger partial charge is 0.412 e. The third-order valence-corrected chi connectivity index (χ3v) is 8.87. The summed E-state index contributed by atoms with van der Waals surface area (Å²) in [5, 5.41) is 34.4. The number of rotatable bonds is 13. The molecule has 15 heteroatoms. The minimum absolute atomic E-state index is 0.0372. The molecule has 1 aliphatic rings. The van der Waals surface area contributed by atoms with E-state index in [4.69, 9.17) is 14.7 Å². The van der Waals surface area contributed by atoms with Gasteiger partial charge in [0, 0.05) is 33.1 Å². The molecule has 0 bridgehead atoms. The standard InChI is InChI=1S/C35H33F2N7O5S/c1-21-4-11-29(25(12-21)16-48-32(45)15-39-3)42-34(46)49-17-31-40-20-44(43-31)19-35(47,27-13-26(36)9-10-28(27)37)22(2)33-41-30(18-50-33)24-7-5-23(14-38)6-8-24/h4-13,18,20,22,39,47H,15-17,19H2,1-3H3,(H,42,46)/q+1/t22-,35+/m0/s1. The number of likely N-dealkylation sites (N-methyl/N-ethyl adjacent to an activating group) is 1. The summed E-state index contributed by atoms with van der Waals surface area (Å²) in [6.07, 6.45) is 0.467. The summed E-state index contributed by atoms with van der Waals surface area (Å²) in [5.41, 5.74) is 1.34. The molecule has 1 radical (unpaired) electrons. The van der Waals surface area contributed by atoms with Crippen LogP contribution in [0.2, 0.25) is 0 Å². The second kappa shape index (κ2) is 15.8. The fourth-order valence-corrected chi connectivity index (χ4v) is 6.11. The lowest BCUT2D eigenvalue weighted by molar-refractivity contribution is -0.143. The van der Waals surface area contributed by atoms with Crippen LogP contribution in [0, 0.1) is 29.9 Å². The highest BCUT2D eigenvalue weighted by Crippen LogP contribution is 2.41. The van der Waals surface area contributed by atoms with Crippen LogP contribution in [-0.2, 0) is 26.5 Å². The van der Waals surface area contributed by atoms with Gasteiger partial charge in [-0.05, 0) is 50.4 Å². The summed E-state index contributed by atoms with van der Waals surface area (Å²) in [5.74, 6) is -2.79. The van der Waals surface area contributed by atoms with E-state index in [-0.39, 0.29) is 37.7 Å². The lowest BCUT2D eigenvalue weighted by Crippen LogP contribution is -2.43. The van der Waals surface area contributed by atoms with Crippen LogP contribution >= 0.6 is 11.3 Å². The highest BCUT2D eigenvalue weighted by molar-refractivity contribution is 7.10. The van der Waals surface area contributed by atoms with Crippen molar-refractivity contribution >= 4 is 41.3 Å². The molecule has 3 aromatic carbocycles. The minimum atomic E-state index is -2.05. The number of hydrazone groups is 1. The topological polar surface area (TPSA) is 163 Å². The van der Waals surface area contributed by atoms with Crippen molar-refractivity contribution < 1.29 is 33.0 Å². The molecule has 0 aliphatic carbocycles. The maximum absolute atomic E-state index is 15.2. The maximum atomic E-state index is 15.2. The molecule has 1 aliphatic heterocycles. The van der Waals surface area contributed by atoms with Crippen molar-refractivity contribution in [3.8, 4) is 17.3 Å². The van der Waals surface area contributed by atoms with Gasteiger partial charge in [-0.2, -0.15) is 5.26 Å². The molecule has 3 N–H and O–H groups in total. The molecule has 50 heavy (non-hydrogen) atoms. The average Bonchev–Trinajstić information content (AvgIpc) is 3.78. The van der Waals surface area contributed by atoms with E-state index >= 15 is 4.39 Å². The molecule has 0 unspecified atom stereocenters. The van der Waals surface area contributed by atoms with Gasteiger partial charge in [0.1, 0.15) is 30.4 Å². The number of hydrogen-bond acceptors (Lipinski definition) is 12. The zero-order valence-corrected chi connectivity index (χ0v) is 28.1. The molecule has 4 aromatic rings. The van der Waals surface area contributed by atoms with Gasteiger partial charge in [0.15, 0.2) is 6.61 Å². The van der Waals surface area contributed by atoms with Crippen molar-refractivity contribution in [1.29, 1.82) is 5.26 Å². The van der Waals surface area contributed by atoms with Crippen LogP contribution in [0.5, 0.6) is 0 Å². The Balaban J connectivity index is 1.29. The number of thiazole rings is 1. The van der Waals surface area contributed by atoms with E-state index in [0.29, 0.717) is 27.5 Å². The molecule has 0 spiro atoms. The molecule has 12 nitrogen and oxygen atoms in total. The molecule has 1 aromatic heterocycles. The summed E-state index contributed by atoms with van der Waals surface area (Å²) in [4.78, 5) is 33.3. The van der Waals surface area contributed by atoms with E-state index in [2.05, 4.69) is 31.8 Å². The number of hydrogen-bond donors (Lipinski definition) is 3. The number of nitriles is 1. The molecule has 5 rings (SSSR count). The molecular weight excluding hydrogens is 668 g/mol. The van der Waals surface area contributed by atoms with Gasteiger partial charge in [0.05, 0.1) is 34.6 Å². The number of β-amino-alcohol motifs (C(OH)–C–C–N with tert-alkyl or cyclic N) is 1. The number of amides is 1. The van der Waals surface area contributed by atoms with Crippen molar-refractivity contribution in [3.05, 3.63) is 105 Å². The van der Waals surface area contributed by atoms with Gasteiger partial charge in [0.25, 0.3) is 6.34 Å². The van der Waals surface area contributed by atoms with Gasteiger partial charge in [0.2, 0.25) is 0 Å². The van der Waals surface area contributed by atoms with Crippen LogP contribution < -0.4 is 15.6 Å². The van der Waals surface area contributed by atoms with Crippen molar-refractivity contribution in [2.75, 3.05) is 32.1 Å². The summed E-state index contributed by atoms with van der Waals surface area (Å²) < 4.78 is 40.2. The largest absolute Gasteiger partial charge is 0.460 e. The predicted molar refractivity (Wildman–Crippen MR) is 183 cm³/mol. The van der Waals surface area contributed by atoms with Crippen molar-refractivity contribution in [2.24, 2.45) is 5.10 Å². The molecule has 0 saturated heterocycles. The van der Waals surface area contributed by atoms with Gasteiger partial charge in [-0.1, -0.05) is 41.7 Å². The van der Waals surface area contributed by atoms with Gasteiger partial charge in [-0.3, -0.25) is 10.1 Å². The fraction of sp³-hybridized carbons (Fsp3) is 0.257. The Labute approximate surface area is 290 Å². The van der Waals surface area contributed by atoms with Crippen molar-refractivity contribution in [2.45, 2.75) is 32.0 Å². The van der Waals surface area contributed by atoms with Crippen LogP contribution in [0.15, 0.2) is 71.1 Å². The first-order chi connectivity index (χ1) is 24.0. The number of aryl methyl sites for hydroxylation is 1. The summed E-state index contributed by atoms with van der Waals surface area (Å²) in [6, 6.07) is 17.0. The van der Waals surface area contributed by atoms with Crippen LogP contribution in [0.25, 0.3) is 11.3 Å². The number of ether oxygens (including phenoxy) is 2. The first-order valence-corrected chi connectivity index (χ1v) is 16.2. The third kappa shape index (κ3) is 8.53. The molecule has 0 fully saturated rings. The number of carbonyl (C=O) groups excluding carboxylic acids is 2. The number of anilines is 1. The Morgan fingerprint density at radius 2 is 1.90 bits per heavy atom. The highest BCUT2D eigenvalue weighted by atomic mass is 32.1. The Bertz CT molecular complexity index is 1980. The average molecular weight is 702 g/mol. The number of aliphatic hydroxyl groups is 1. The Hall–Kier alpha value is -5.56. The normalized spacial score (nSPS) is 14.0. The van der Waals surface area contributed by atoms with Crippen LogP contribution in [0.4, 0.5) is 19.3 Å². The number of carbonyl (C=O) groups is 2.